The van der Waals surface area contributed by atoms with Crippen molar-refractivity contribution in [2.75, 3.05) is 6.61 Å². The molecule has 2 aromatic carbocycles. The van der Waals surface area contributed by atoms with Crippen molar-refractivity contribution in [1.82, 2.24) is 9.88 Å². The maximum atomic E-state index is 14.8. The molecule has 0 spiro atoms. The number of hydrogen-bond acceptors (Lipinski definition) is 5. The van der Waals surface area contributed by atoms with Gasteiger partial charge in [0.05, 0.1) is 18.2 Å². The van der Waals surface area contributed by atoms with Crippen molar-refractivity contribution in [3.05, 3.63) is 101 Å². The maximum absolute atomic E-state index is 14.8. The molecule has 162 valence electrons. The van der Waals surface area contributed by atoms with Crippen molar-refractivity contribution >= 4 is 17.4 Å². The number of carbonyl (C=O) groups excluding carboxylic acids is 2. The minimum atomic E-state index is -1.08. The third-order valence-electron chi connectivity index (χ3n) is 5.25. The van der Waals surface area contributed by atoms with Crippen molar-refractivity contribution in [1.29, 1.82) is 0 Å². The molecule has 0 bridgehead atoms. The minimum absolute atomic E-state index is 0.0392. The predicted octanol–water partition coefficient (Wildman–Crippen LogP) is 4.24. The predicted molar refractivity (Wildman–Crippen MR) is 116 cm³/mol. The van der Waals surface area contributed by atoms with Crippen LogP contribution in [0.2, 0.25) is 0 Å². The Balaban J connectivity index is 1.84. The summed E-state index contributed by atoms with van der Waals surface area (Å²) in [4.78, 5) is 31.3. The van der Waals surface area contributed by atoms with E-state index in [-0.39, 0.29) is 23.4 Å². The highest BCUT2D eigenvalue weighted by molar-refractivity contribution is 6.46. The van der Waals surface area contributed by atoms with Gasteiger partial charge in [0.15, 0.2) is 0 Å². The van der Waals surface area contributed by atoms with Gasteiger partial charge < -0.3 is 14.7 Å². The summed E-state index contributed by atoms with van der Waals surface area (Å²) in [5.74, 6) is -2.02. The molecule has 2 heterocycles. The van der Waals surface area contributed by atoms with Crippen LogP contribution >= 0.6 is 0 Å². The van der Waals surface area contributed by atoms with E-state index in [9.17, 15) is 19.1 Å². The summed E-state index contributed by atoms with van der Waals surface area (Å²) in [6.45, 7) is 2.38. The zero-order valence-corrected chi connectivity index (χ0v) is 17.4. The van der Waals surface area contributed by atoms with Gasteiger partial charge in [-0.25, -0.2) is 4.39 Å². The Morgan fingerprint density at radius 2 is 1.84 bits per heavy atom. The smallest absolute Gasteiger partial charge is 0.295 e. The zero-order chi connectivity index (χ0) is 22.7. The van der Waals surface area contributed by atoms with Gasteiger partial charge in [-0.2, -0.15) is 0 Å². The Bertz CT molecular complexity index is 1180. The molecule has 1 saturated heterocycles. The Kier molecular flexibility index (Phi) is 5.98. The van der Waals surface area contributed by atoms with E-state index in [0.29, 0.717) is 23.5 Å². The second kappa shape index (κ2) is 9.01. The second-order valence-electron chi connectivity index (χ2n) is 7.27. The fraction of sp³-hybridized carbons (Fsp3) is 0.160. The number of aliphatic hydroxyl groups excluding tert-OH is 1. The molecular formula is C25H21FN2O4. The molecule has 0 radical (unpaired) electrons. The van der Waals surface area contributed by atoms with Gasteiger partial charge >= 0.3 is 0 Å². The van der Waals surface area contributed by atoms with Crippen LogP contribution in [0.1, 0.15) is 29.7 Å². The SMILES string of the molecule is CCOc1ccc(C(O)=C2C(=O)C(=O)N(Cc3cccnc3)[C@H]2c2ccccc2F)cc1. The average molecular weight is 432 g/mol. The van der Waals surface area contributed by atoms with Gasteiger partial charge in [0.2, 0.25) is 0 Å². The van der Waals surface area contributed by atoms with Crippen molar-refractivity contribution in [2.45, 2.75) is 19.5 Å². The highest BCUT2D eigenvalue weighted by Gasteiger charge is 2.46. The molecule has 4 rings (SSSR count). The van der Waals surface area contributed by atoms with Crippen LogP contribution in [0.25, 0.3) is 5.76 Å². The van der Waals surface area contributed by atoms with E-state index in [1.807, 2.05) is 6.92 Å². The molecule has 0 aliphatic carbocycles. The summed E-state index contributed by atoms with van der Waals surface area (Å²) < 4.78 is 20.2. The Labute approximate surface area is 184 Å². The molecular weight excluding hydrogens is 411 g/mol. The molecule has 6 nitrogen and oxygen atoms in total. The first kappa shape index (κ1) is 21.2. The molecule has 1 atom stereocenters. The van der Waals surface area contributed by atoms with Crippen LogP contribution in [0.4, 0.5) is 4.39 Å². The minimum Gasteiger partial charge on any atom is -0.507 e. The number of rotatable bonds is 6. The molecule has 1 aliphatic heterocycles. The second-order valence-corrected chi connectivity index (χ2v) is 7.27. The van der Waals surface area contributed by atoms with E-state index in [1.165, 1.54) is 23.1 Å². The maximum Gasteiger partial charge on any atom is 0.295 e. The van der Waals surface area contributed by atoms with Crippen LogP contribution in [-0.2, 0) is 16.1 Å². The fourth-order valence-electron chi connectivity index (χ4n) is 3.78. The highest BCUT2D eigenvalue weighted by atomic mass is 19.1. The van der Waals surface area contributed by atoms with Gasteiger partial charge in [0.1, 0.15) is 17.3 Å². The number of aliphatic hydroxyl groups is 1. The topological polar surface area (TPSA) is 79.7 Å². The van der Waals surface area contributed by atoms with Crippen LogP contribution in [0, 0.1) is 5.82 Å². The van der Waals surface area contributed by atoms with Gasteiger partial charge in [-0.05, 0) is 48.9 Å². The number of halogens is 1. The van der Waals surface area contributed by atoms with Crippen LogP contribution in [0.3, 0.4) is 0 Å². The van der Waals surface area contributed by atoms with Crippen LogP contribution in [0.5, 0.6) is 5.75 Å². The standard InChI is InChI=1S/C25H21FN2O4/c1-2-32-18-11-9-17(10-12-18)23(29)21-22(19-7-3-4-8-20(19)26)28(25(31)24(21)30)15-16-6-5-13-27-14-16/h3-14,22,29H,2,15H2,1H3/t22-/m0/s1. The van der Waals surface area contributed by atoms with Crippen molar-refractivity contribution in [3.8, 4) is 5.75 Å². The number of Topliss-reactive ketones (excluding diaryl/α,β-unsaturated/α-hetero) is 1. The van der Waals surface area contributed by atoms with Gasteiger partial charge in [0.25, 0.3) is 11.7 Å². The number of benzene rings is 2. The normalized spacial score (nSPS) is 17.6. The van der Waals surface area contributed by atoms with E-state index in [1.54, 1.807) is 54.9 Å². The number of pyridine rings is 1. The third-order valence-corrected chi connectivity index (χ3v) is 5.25. The van der Waals surface area contributed by atoms with Gasteiger partial charge in [-0.1, -0.05) is 24.3 Å². The van der Waals surface area contributed by atoms with Gasteiger partial charge in [-0.15, -0.1) is 0 Å². The largest absolute Gasteiger partial charge is 0.507 e. The van der Waals surface area contributed by atoms with Gasteiger partial charge in [-0.3, -0.25) is 14.6 Å². The summed E-state index contributed by atoms with van der Waals surface area (Å²) in [5.41, 5.74) is 0.974. The van der Waals surface area contributed by atoms with Crippen molar-refractivity contribution in [3.63, 3.8) is 0 Å². The number of carbonyl (C=O) groups is 2. The van der Waals surface area contributed by atoms with E-state index in [0.717, 1.165) is 0 Å². The average Bonchev–Trinajstić information content (AvgIpc) is 3.05. The molecule has 1 fully saturated rings. The summed E-state index contributed by atoms with van der Waals surface area (Å²) in [6, 6.07) is 14.8. The molecule has 7 heteroatoms. The molecule has 32 heavy (non-hydrogen) atoms. The first-order chi connectivity index (χ1) is 15.5. The van der Waals surface area contributed by atoms with Crippen molar-refractivity contribution in [2.24, 2.45) is 0 Å². The molecule has 0 saturated carbocycles. The van der Waals surface area contributed by atoms with Crippen LogP contribution < -0.4 is 4.74 Å². The van der Waals surface area contributed by atoms with E-state index in [4.69, 9.17) is 4.74 Å². The Hall–Kier alpha value is -4.00. The Morgan fingerprint density at radius 1 is 1.09 bits per heavy atom. The number of nitrogens with zero attached hydrogens (tertiary/aromatic N) is 2. The number of amides is 1. The summed E-state index contributed by atoms with van der Waals surface area (Å²) in [7, 11) is 0. The summed E-state index contributed by atoms with van der Waals surface area (Å²) >= 11 is 0. The third kappa shape index (κ3) is 3.97. The number of hydrogen-bond donors (Lipinski definition) is 1. The van der Waals surface area contributed by atoms with Crippen LogP contribution in [0.15, 0.2) is 78.6 Å². The molecule has 1 N–H and O–H groups in total. The highest BCUT2D eigenvalue weighted by Crippen LogP contribution is 2.41. The van der Waals surface area contributed by atoms with Crippen LogP contribution in [-0.4, -0.2) is 33.3 Å². The molecule has 0 unspecified atom stereocenters. The zero-order valence-electron chi connectivity index (χ0n) is 17.4. The molecule has 1 amide bonds. The van der Waals surface area contributed by atoms with E-state index >= 15 is 0 Å². The number of likely N-dealkylation sites (tertiary alicyclic amines) is 1. The quantitative estimate of drug-likeness (QED) is 0.358. The lowest BCUT2D eigenvalue weighted by Gasteiger charge is -2.25. The lowest BCUT2D eigenvalue weighted by molar-refractivity contribution is -0.140. The summed E-state index contributed by atoms with van der Waals surface area (Å²) in [6.07, 6.45) is 3.17. The fourth-order valence-corrected chi connectivity index (χ4v) is 3.78. The monoisotopic (exact) mass is 432 g/mol. The first-order valence-electron chi connectivity index (χ1n) is 10.2. The lowest BCUT2D eigenvalue weighted by atomic mass is 9.94. The summed E-state index contributed by atoms with van der Waals surface area (Å²) in [5, 5.41) is 11.0. The van der Waals surface area contributed by atoms with E-state index in [2.05, 4.69) is 4.98 Å². The first-order valence-corrected chi connectivity index (χ1v) is 10.2. The van der Waals surface area contributed by atoms with Crippen molar-refractivity contribution < 1.29 is 23.8 Å². The number of ketones is 1. The number of ether oxygens (including phenoxy) is 1. The Morgan fingerprint density at radius 3 is 2.50 bits per heavy atom. The molecule has 3 aromatic rings. The van der Waals surface area contributed by atoms with E-state index < -0.39 is 23.5 Å². The molecule has 1 aliphatic rings. The van der Waals surface area contributed by atoms with Gasteiger partial charge in [0, 0.05) is 30.1 Å². The lowest BCUT2D eigenvalue weighted by Crippen LogP contribution is -2.29. The molecule has 1 aromatic heterocycles. The number of aromatic nitrogens is 1.